The number of para-hydroxylation sites is 1. The van der Waals surface area contributed by atoms with Gasteiger partial charge in [-0.25, -0.2) is 13.5 Å². The molecule has 0 saturated heterocycles. The van der Waals surface area contributed by atoms with E-state index in [0.717, 1.165) is 12.1 Å². The molecule has 1 heterocycles. The van der Waals surface area contributed by atoms with Crippen LogP contribution in [0, 0.1) is 11.6 Å². The van der Waals surface area contributed by atoms with Crippen LogP contribution in [0.3, 0.4) is 0 Å². The number of nitrogens with one attached hydrogen (secondary N) is 1. The van der Waals surface area contributed by atoms with Gasteiger partial charge in [0.05, 0.1) is 11.4 Å². The Kier molecular flexibility index (Phi) is 4.31. The van der Waals surface area contributed by atoms with E-state index in [1.54, 1.807) is 38.1 Å². The van der Waals surface area contributed by atoms with Crippen LogP contribution in [-0.2, 0) is 0 Å². The summed E-state index contributed by atoms with van der Waals surface area (Å²) < 4.78 is 28.7. The van der Waals surface area contributed by atoms with Crippen LogP contribution in [0.15, 0.2) is 47.3 Å². The molecule has 0 spiro atoms. The number of carbonyl (C=O) groups is 1. The number of anilines is 1. The van der Waals surface area contributed by atoms with Crippen LogP contribution in [0.25, 0.3) is 10.8 Å². The second-order valence-corrected chi connectivity index (χ2v) is 5.79. The Morgan fingerprint density at radius 1 is 1.04 bits per heavy atom. The van der Waals surface area contributed by atoms with Crippen molar-refractivity contribution in [3.8, 4) is 0 Å². The number of aromatic nitrogens is 2. The lowest BCUT2D eigenvalue weighted by Gasteiger charge is -2.14. The molecule has 5 nitrogen and oxygen atoms in total. The molecule has 0 radical (unpaired) electrons. The van der Waals surface area contributed by atoms with Crippen molar-refractivity contribution >= 4 is 22.4 Å². The van der Waals surface area contributed by atoms with E-state index in [0.29, 0.717) is 10.8 Å². The number of hydrogen-bond donors (Lipinski definition) is 1. The highest BCUT2D eigenvalue weighted by Crippen LogP contribution is 2.21. The van der Waals surface area contributed by atoms with Crippen LogP contribution in [0.1, 0.15) is 30.4 Å². The molecule has 0 fully saturated rings. The summed E-state index contributed by atoms with van der Waals surface area (Å²) >= 11 is 0. The second-order valence-electron chi connectivity index (χ2n) is 5.79. The number of hydrogen-bond acceptors (Lipinski definition) is 3. The van der Waals surface area contributed by atoms with Gasteiger partial charge in [0.15, 0.2) is 5.69 Å². The summed E-state index contributed by atoms with van der Waals surface area (Å²) in [5.41, 5.74) is -0.966. The van der Waals surface area contributed by atoms with Gasteiger partial charge in [0.25, 0.3) is 11.5 Å². The summed E-state index contributed by atoms with van der Waals surface area (Å²) in [6.45, 7) is 3.50. The van der Waals surface area contributed by atoms with Gasteiger partial charge in [-0.15, -0.1) is 0 Å². The zero-order chi connectivity index (χ0) is 18.1. The summed E-state index contributed by atoms with van der Waals surface area (Å²) in [7, 11) is 0. The Morgan fingerprint density at radius 3 is 2.24 bits per heavy atom. The van der Waals surface area contributed by atoms with E-state index in [4.69, 9.17) is 0 Å². The molecular formula is C18H15F2N3O2. The Morgan fingerprint density at radius 2 is 1.64 bits per heavy atom. The first-order valence-electron chi connectivity index (χ1n) is 7.67. The largest absolute Gasteiger partial charge is 0.316 e. The first kappa shape index (κ1) is 16.8. The molecule has 128 valence electrons. The molecule has 2 aromatic carbocycles. The molecule has 0 aliphatic rings. The van der Waals surface area contributed by atoms with Gasteiger partial charge in [0.2, 0.25) is 0 Å². The summed E-state index contributed by atoms with van der Waals surface area (Å²) in [6, 6.07) is 9.48. The third-order valence-electron chi connectivity index (χ3n) is 3.73. The number of nitrogens with zero attached hydrogens (tertiary/aromatic N) is 2. The lowest BCUT2D eigenvalue weighted by atomic mass is 10.1. The Bertz CT molecular complexity index is 1010. The van der Waals surface area contributed by atoms with Crippen molar-refractivity contribution in [1.82, 2.24) is 9.78 Å². The average Bonchev–Trinajstić information content (AvgIpc) is 2.58. The van der Waals surface area contributed by atoms with Crippen molar-refractivity contribution in [3.63, 3.8) is 0 Å². The van der Waals surface area contributed by atoms with Crippen molar-refractivity contribution in [2.75, 3.05) is 5.32 Å². The molecule has 7 heteroatoms. The number of fused-ring (bicyclic) bond motifs is 1. The predicted molar refractivity (Wildman–Crippen MR) is 90.7 cm³/mol. The number of rotatable bonds is 3. The van der Waals surface area contributed by atoms with Crippen molar-refractivity contribution in [2.45, 2.75) is 19.9 Å². The van der Waals surface area contributed by atoms with Gasteiger partial charge in [-0.05, 0) is 32.0 Å². The fraction of sp³-hybridized carbons (Fsp3) is 0.167. The van der Waals surface area contributed by atoms with Gasteiger partial charge in [-0.3, -0.25) is 9.59 Å². The van der Waals surface area contributed by atoms with E-state index in [2.05, 4.69) is 10.4 Å². The SMILES string of the molecule is CC(C)n1nc(C(=O)Nc2c(F)cccc2F)c2ccccc2c1=O. The first-order valence-corrected chi connectivity index (χ1v) is 7.67. The molecule has 25 heavy (non-hydrogen) atoms. The maximum absolute atomic E-state index is 13.8. The first-order chi connectivity index (χ1) is 11.9. The highest BCUT2D eigenvalue weighted by molar-refractivity contribution is 6.11. The number of halogens is 2. The molecule has 0 aliphatic heterocycles. The van der Waals surface area contributed by atoms with Crippen LogP contribution in [0.5, 0.6) is 0 Å². The normalized spacial score (nSPS) is 11.1. The molecular weight excluding hydrogens is 328 g/mol. The molecule has 3 aromatic rings. The van der Waals surface area contributed by atoms with Crippen molar-refractivity contribution in [3.05, 3.63) is 70.1 Å². The third kappa shape index (κ3) is 3.00. The Balaban J connectivity index is 2.16. The fourth-order valence-electron chi connectivity index (χ4n) is 2.51. The third-order valence-corrected chi connectivity index (χ3v) is 3.73. The second kappa shape index (κ2) is 6.43. The molecule has 1 amide bonds. The van der Waals surface area contributed by atoms with E-state index < -0.39 is 23.2 Å². The Labute approximate surface area is 141 Å². The molecule has 0 saturated carbocycles. The van der Waals surface area contributed by atoms with E-state index >= 15 is 0 Å². The van der Waals surface area contributed by atoms with Gasteiger partial charge < -0.3 is 5.32 Å². The molecule has 1 aromatic heterocycles. The van der Waals surface area contributed by atoms with Crippen LogP contribution in [0.4, 0.5) is 14.5 Å². The van der Waals surface area contributed by atoms with E-state index in [-0.39, 0.29) is 17.3 Å². The average molecular weight is 343 g/mol. The van der Waals surface area contributed by atoms with Crippen LogP contribution < -0.4 is 10.9 Å². The zero-order valence-electron chi connectivity index (χ0n) is 13.6. The molecule has 0 unspecified atom stereocenters. The summed E-state index contributed by atoms with van der Waals surface area (Å²) in [6.07, 6.45) is 0. The monoisotopic (exact) mass is 343 g/mol. The minimum Gasteiger partial charge on any atom is -0.316 e. The lowest BCUT2D eigenvalue weighted by molar-refractivity contribution is 0.102. The van der Waals surface area contributed by atoms with Crippen LogP contribution in [0.2, 0.25) is 0 Å². The van der Waals surface area contributed by atoms with E-state index in [1.807, 2.05) is 0 Å². The minimum absolute atomic E-state index is 0.0773. The summed E-state index contributed by atoms with van der Waals surface area (Å²) in [5, 5.41) is 6.94. The molecule has 0 atom stereocenters. The molecule has 0 aliphatic carbocycles. The van der Waals surface area contributed by atoms with Crippen molar-refractivity contribution < 1.29 is 13.6 Å². The standard InChI is InChI=1S/C18H15F2N3O2/c1-10(2)23-18(25)12-7-4-3-6-11(12)15(22-23)17(24)21-16-13(19)8-5-9-14(16)20/h3-10H,1-2H3,(H,21,24). The maximum atomic E-state index is 13.8. The lowest BCUT2D eigenvalue weighted by Crippen LogP contribution is -2.29. The predicted octanol–water partition coefficient (Wildman–Crippen LogP) is 3.51. The summed E-state index contributed by atoms with van der Waals surface area (Å²) in [5.74, 6) is -2.58. The van der Waals surface area contributed by atoms with Gasteiger partial charge in [0, 0.05) is 5.39 Å². The van der Waals surface area contributed by atoms with Gasteiger partial charge in [0.1, 0.15) is 17.3 Å². The van der Waals surface area contributed by atoms with Crippen LogP contribution in [-0.4, -0.2) is 15.7 Å². The molecule has 3 rings (SSSR count). The number of carbonyl (C=O) groups excluding carboxylic acids is 1. The molecule has 1 N–H and O–H groups in total. The molecule has 0 bridgehead atoms. The van der Waals surface area contributed by atoms with Crippen LogP contribution >= 0.6 is 0 Å². The Hall–Kier alpha value is -3.09. The van der Waals surface area contributed by atoms with Crippen molar-refractivity contribution in [1.29, 1.82) is 0 Å². The zero-order valence-corrected chi connectivity index (χ0v) is 13.6. The maximum Gasteiger partial charge on any atom is 0.276 e. The van der Waals surface area contributed by atoms with E-state index in [1.165, 1.54) is 10.7 Å². The topological polar surface area (TPSA) is 64.0 Å². The highest BCUT2D eigenvalue weighted by atomic mass is 19.1. The quantitative estimate of drug-likeness (QED) is 0.791. The van der Waals surface area contributed by atoms with Gasteiger partial charge >= 0.3 is 0 Å². The highest BCUT2D eigenvalue weighted by Gasteiger charge is 2.20. The van der Waals surface area contributed by atoms with Gasteiger partial charge in [-0.1, -0.05) is 24.3 Å². The fourth-order valence-corrected chi connectivity index (χ4v) is 2.51. The van der Waals surface area contributed by atoms with E-state index in [9.17, 15) is 18.4 Å². The number of benzene rings is 2. The van der Waals surface area contributed by atoms with Crippen molar-refractivity contribution in [2.24, 2.45) is 0 Å². The van der Waals surface area contributed by atoms with Gasteiger partial charge in [-0.2, -0.15) is 5.10 Å². The smallest absolute Gasteiger partial charge is 0.276 e. The minimum atomic E-state index is -0.894. The number of amides is 1. The summed E-state index contributed by atoms with van der Waals surface area (Å²) in [4.78, 5) is 25.1.